The van der Waals surface area contributed by atoms with E-state index < -0.39 is 5.60 Å². The maximum atomic E-state index is 10.1. The van der Waals surface area contributed by atoms with Gasteiger partial charge < -0.3 is 10.4 Å². The van der Waals surface area contributed by atoms with Gasteiger partial charge in [-0.05, 0) is 31.4 Å². The number of aliphatic hydroxyl groups is 1. The highest BCUT2D eigenvalue weighted by Crippen LogP contribution is 2.16. The van der Waals surface area contributed by atoms with Crippen molar-refractivity contribution < 1.29 is 5.11 Å². The molecule has 1 heterocycles. The molecule has 0 aromatic carbocycles. The lowest BCUT2D eigenvalue weighted by atomic mass is 9.98. The van der Waals surface area contributed by atoms with E-state index in [1.54, 1.807) is 6.07 Å². The summed E-state index contributed by atoms with van der Waals surface area (Å²) in [5.74, 6) is 0.651. The fourth-order valence-corrected chi connectivity index (χ4v) is 1.60. The normalized spacial score (nSPS) is 11.6. The summed E-state index contributed by atoms with van der Waals surface area (Å²) in [6.07, 6.45) is 1.41. The highest BCUT2D eigenvalue weighted by atomic mass is 35.5. The average Bonchev–Trinajstić information content (AvgIpc) is 2.25. The van der Waals surface area contributed by atoms with Crippen molar-refractivity contribution in [1.29, 1.82) is 0 Å². The molecule has 90 valence electrons. The number of aromatic nitrogens is 2. The van der Waals surface area contributed by atoms with Crippen LogP contribution in [0.3, 0.4) is 0 Å². The van der Waals surface area contributed by atoms with Gasteiger partial charge >= 0.3 is 0 Å². The Morgan fingerprint density at radius 3 is 2.50 bits per heavy atom. The Morgan fingerprint density at radius 2 is 2.00 bits per heavy atom. The first kappa shape index (κ1) is 13.2. The Balaban J connectivity index is 2.67. The van der Waals surface area contributed by atoms with Crippen LogP contribution in [0.2, 0.25) is 5.28 Å². The molecular weight excluding hydrogens is 226 g/mol. The van der Waals surface area contributed by atoms with Crippen LogP contribution in [0.25, 0.3) is 0 Å². The Hall–Kier alpha value is -0.870. The standard InChI is InChI=1S/C11H18ClN3O/c1-4-11(16,5-2)7-13-9-6-8(3)14-10(12)15-9/h6,16H,4-5,7H2,1-3H3,(H,13,14,15). The maximum absolute atomic E-state index is 10.1. The Bertz CT molecular complexity index is 333. The van der Waals surface area contributed by atoms with Crippen molar-refractivity contribution in [2.45, 2.75) is 39.2 Å². The molecule has 0 aliphatic rings. The quantitative estimate of drug-likeness (QED) is 0.780. The summed E-state index contributed by atoms with van der Waals surface area (Å²) < 4.78 is 0. The predicted molar refractivity (Wildman–Crippen MR) is 65.8 cm³/mol. The van der Waals surface area contributed by atoms with Gasteiger partial charge in [0.25, 0.3) is 0 Å². The zero-order valence-electron chi connectivity index (χ0n) is 9.92. The highest BCUT2D eigenvalue weighted by Gasteiger charge is 2.21. The van der Waals surface area contributed by atoms with E-state index in [0.29, 0.717) is 25.2 Å². The van der Waals surface area contributed by atoms with Gasteiger partial charge in [-0.2, -0.15) is 0 Å². The summed E-state index contributed by atoms with van der Waals surface area (Å²) >= 11 is 5.74. The van der Waals surface area contributed by atoms with Crippen molar-refractivity contribution in [1.82, 2.24) is 9.97 Å². The summed E-state index contributed by atoms with van der Waals surface area (Å²) in [5, 5.41) is 13.4. The van der Waals surface area contributed by atoms with Gasteiger partial charge in [0.2, 0.25) is 5.28 Å². The maximum Gasteiger partial charge on any atom is 0.224 e. The van der Waals surface area contributed by atoms with Crippen LogP contribution in [-0.2, 0) is 0 Å². The van der Waals surface area contributed by atoms with Crippen molar-refractivity contribution in [2.24, 2.45) is 0 Å². The van der Waals surface area contributed by atoms with Gasteiger partial charge in [0.05, 0.1) is 5.60 Å². The summed E-state index contributed by atoms with van der Waals surface area (Å²) in [6.45, 7) is 6.24. The number of halogens is 1. The van der Waals surface area contributed by atoms with Crippen LogP contribution in [0.15, 0.2) is 6.07 Å². The molecule has 0 atom stereocenters. The van der Waals surface area contributed by atoms with E-state index in [1.807, 2.05) is 20.8 Å². The molecule has 2 N–H and O–H groups in total. The molecule has 0 aliphatic carbocycles. The summed E-state index contributed by atoms with van der Waals surface area (Å²) in [5.41, 5.74) is 0.116. The van der Waals surface area contributed by atoms with Crippen molar-refractivity contribution in [2.75, 3.05) is 11.9 Å². The molecule has 0 unspecified atom stereocenters. The van der Waals surface area contributed by atoms with Gasteiger partial charge in [-0.3, -0.25) is 0 Å². The van der Waals surface area contributed by atoms with Gasteiger partial charge in [0.1, 0.15) is 5.82 Å². The molecule has 0 bridgehead atoms. The number of rotatable bonds is 5. The third-order valence-corrected chi connectivity index (χ3v) is 2.91. The van der Waals surface area contributed by atoms with E-state index in [2.05, 4.69) is 15.3 Å². The largest absolute Gasteiger partial charge is 0.388 e. The van der Waals surface area contributed by atoms with Crippen LogP contribution < -0.4 is 5.32 Å². The molecule has 4 nitrogen and oxygen atoms in total. The zero-order chi connectivity index (χ0) is 12.2. The minimum absolute atomic E-state index is 0.221. The third kappa shape index (κ3) is 3.61. The molecule has 1 aromatic heterocycles. The zero-order valence-corrected chi connectivity index (χ0v) is 10.7. The fourth-order valence-electron chi connectivity index (χ4n) is 1.38. The lowest BCUT2D eigenvalue weighted by molar-refractivity contribution is 0.0456. The molecule has 0 radical (unpaired) electrons. The van der Waals surface area contributed by atoms with Crippen LogP contribution >= 0.6 is 11.6 Å². The minimum Gasteiger partial charge on any atom is -0.388 e. The average molecular weight is 244 g/mol. The summed E-state index contributed by atoms with van der Waals surface area (Å²) in [6, 6.07) is 1.80. The van der Waals surface area contributed by atoms with Crippen molar-refractivity contribution in [3.8, 4) is 0 Å². The molecule has 5 heteroatoms. The van der Waals surface area contributed by atoms with Gasteiger partial charge in [0.15, 0.2) is 0 Å². The first-order chi connectivity index (χ1) is 7.49. The smallest absolute Gasteiger partial charge is 0.224 e. The van der Waals surface area contributed by atoms with E-state index in [1.165, 1.54) is 0 Å². The van der Waals surface area contributed by atoms with Crippen LogP contribution in [0.1, 0.15) is 32.4 Å². The topological polar surface area (TPSA) is 58.0 Å². The molecule has 0 spiro atoms. The number of aryl methyl sites for hydroxylation is 1. The molecule has 16 heavy (non-hydrogen) atoms. The van der Waals surface area contributed by atoms with E-state index in [-0.39, 0.29) is 5.28 Å². The van der Waals surface area contributed by atoms with Crippen molar-refractivity contribution in [3.63, 3.8) is 0 Å². The second kappa shape index (κ2) is 5.46. The van der Waals surface area contributed by atoms with Crippen LogP contribution in [0, 0.1) is 6.92 Å². The molecule has 0 aliphatic heterocycles. The third-order valence-electron chi connectivity index (χ3n) is 2.74. The Labute approximate surface area is 101 Å². The number of anilines is 1. The molecule has 0 amide bonds. The van der Waals surface area contributed by atoms with Gasteiger partial charge in [-0.1, -0.05) is 13.8 Å². The monoisotopic (exact) mass is 243 g/mol. The predicted octanol–water partition coefficient (Wildman–Crippen LogP) is 2.40. The first-order valence-electron chi connectivity index (χ1n) is 5.46. The van der Waals surface area contributed by atoms with Crippen LogP contribution in [-0.4, -0.2) is 27.2 Å². The van der Waals surface area contributed by atoms with Gasteiger partial charge in [0, 0.05) is 18.3 Å². The number of nitrogens with zero attached hydrogens (tertiary/aromatic N) is 2. The molecule has 0 saturated carbocycles. The molecule has 0 saturated heterocycles. The summed E-state index contributed by atoms with van der Waals surface area (Å²) in [4.78, 5) is 8.01. The van der Waals surface area contributed by atoms with Gasteiger partial charge in [-0.15, -0.1) is 0 Å². The molecule has 1 aromatic rings. The lowest BCUT2D eigenvalue weighted by Gasteiger charge is -2.25. The van der Waals surface area contributed by atoms with E-state index in [4.69, 9.17) is 11.6 Å². The van der Waals surface area contributed by atoms with E-state index in [9.17, 15) is 5.11 Å². The molecule has 0 fully saturated rings. The second-order valence-electron chi connectivity index (χ2n) is 3.95. The van der Waals surface area contributed by atoms with Crippen molar-refractivity contribution in [3.05, 3.63) is 17.0 Å². The van der Waals surface area contributed by atoms with Crippen LogP contribution in [0.5, 0.6) is 0 Å². The lowest BCUT2D eigenvalue weighted by Crippen LogP contribution is -2.35. The van der Waals surface area contributed by atoms with Crippen molar-refractivity contribution >= 4 is 17.4 Å². The fraction of sp³-hybridized carbons (Fsp3) is 0.636. The molecular formula is C11H18ClN3O. The Morgan fingerprint density at radius 1 is 1.38 bits per heavy atom. The second-order valence-corrected chi connectivity index (χ2v) is 4.29. The SMILES string of the molecule is CCC(O)(CC)CNc1cc(C)nc(Cl)n1. The highest BCUT2D eigenvalue weighted by molar-refractivity contribution is 6.28. The van der Waals surface area contributed by atoms with E-state index in [0.717, 1.165) is 5.69 Å². The first-order valence-corrected chi connectivity index (χ1v) is 5.84. The summed E-state index contributed by atoms with van der Waals surface area (Å²) in [7, 11) is 0. The Kier molecular flexibility index (Phi) is 4.50. The minimum atomic E-state index is -0.689. The van der Waals surface area contributed by atoms with Crippen LogP contribution in [0.4, 0.5) is 5.82 Å². The van der Waals surface area contributed by atoms with E-state index >= 15 is 0 Å². The number of nitrogens with one attached hydrogen (secondary N) is 1. The number of hydrogen-bond donors (Lipinski definition) is 2. The number of hydrogen-bond acceptors (Lipinski definition) is 4. The van der Waals surface area contributed by atoms with Gasteiger partial charge in [-0.25, -0.2) is 9.97 Å². The molecule has 1 rings (SSSR count).